The topological polar surface area (TPSA) is 83.5 Å². The standard InChI is InChI=1S/C28H30N4O3/c1-32-11-8-19(9-12-32)5-4-13-34-26-16-24-22(15-25(26)33-2)27(21(17-29)18-30-24)31-23-7-3-6-20-10-14-35-28(20)23/h3,6-7,10,14-16,18-19H,4-5,8-9,11-13H2,1-2H3,(H,30,31). The lowest BCUT2D eigenvalue weighted by Crippen LogP contribution is -2.30. The minimum atomic E-state index is 0.440. The van der Waals surface area contributed by atoms with E-state index in [-0.39, 0.29) is 0 Å². The second-order valence-corrected chi connectivity index (χ2v) is 9.19. The first-order valence-corrected chi connectivity index (χ1v) is 12.1. The Balaban J connectivity index is 1.38. The number of furan rings is 1. The lowest BCUT2D eigenvalue weighted by molar-refractivity contribution is 0.199. The summed E-state index contributed by atoms with van der Waals surface area (Å²) in [5, 5.41) is 14.9. The zero-order chi connectivity index (χ0) is 24.2. The maximum atomic E-state index is 9.76. The van der Waals surface area contributed by atoms with Crippen molar-refractivity contribution in [2.24, 2.45) is 5.92 Å². The molecule has 4 aromatic rings. The molecule has 1 fully saturated rings. The van der Waals surface area contributed by atoms with Gasteiger partial charge in [-0.15, -0.1) is 0 Å². The number of fused-ring (bicyclic) bond motifs is 2. The number of nitrogens with one attached hydrogen (secondary N) is 1. The van der Waals surface area contributed by atoms with Crippen LogP contribution in [0.2, 0.25) is 0 Å². The summed E-state index contributed by atoms with van der Waals surface area (Å²) in [5.74, 6) is 2.07. The molecule has 0 amide bonds. The van der Waals surface area contributed by atoms with Crippen LogP contribution < -0.4 is 14.8 Å². The quantitative estimate of drug-likeness (QED) is 0.311. The molecule has 3 heterocycles. The Kier molecular flexibility index (Phi) is 6.73. The van der Waals surface area contributed by atoms with Crippen LogP contribution in [0.5, 0.6) is 11.5 Å². The smallest absolute Gasteiger partial charge is 0.163 e. The molecule has 0 atom stereocenters. The van der Waals surface area contributed by atoms with Crippen molar-refractivity contribution >= 4 is 33.2 Å². The molecule has 1 saturated heterocycles. The summed E-state index contributed by atoms with van der Waals surface area (Å²) in [6.07, 6.45) is 7.97. The number of rotatable bonds is 8. The Morgan fingerprint density at radius 3 is 2.86 bits per heavy atom. The van der Waals surface area contributed by atoms with Crippen LogP contribution in [0.4, 0.5) is 11.4 Å². The van der Waals surface area contributed by atoms with Gasteiger partial charge in [0.05, 0.1) is 42.4 Å². The van der Waals surface area contributed by atoms with E-state index in [1.807, 2.05) is 36.4 Å². The van der Waals surface area contributed by atoms with E-state index in [0.717, 1.165) is 39.9 Å². The van der Waals surface area contributed by atoms with Gasteiger partial charge in [0.25, 0.3) is 0 Å². The molecule has 35 heavy (non-hydrogen) atoms. The highest BCUT2D eigenvalue weighted by Crippen LogP contribution is 2.38. The van der Waals surface area contributed by atoms with Crippen molar-refractivity contribution in [1.29, 1.82) is 5.26 Å². The normalized spacial score (nSPS) is 14.8. The van der Waals surface area contributed by atoms with Crippen molar-refractivity contribution in [2.45, 2.75) is 25.7 Å². The predicted octanol–water partition coefficient (Wildman–Crippen LogP) is 6.11. The van der Waals surface area contributed by atoms with Crippen LogP contribution in [0.15, 0.2) is 53.3 Å². The summed E-state index contributed by atoms with van der Waals surface area (Å²) in [6, 6.07) is 13.8. The second-order valence-electron chi connectivity index (χ2n) is 9.19. The van der Waals surface area contributed by atoms with Crippen LogP contribution >= 0.6 is 0 Å². The largest absolute Gasteiger partial charge is 0.493 e. The molecule has 0 saturated carbocycles. The lowest BCUT2D eigenvalue weighted by Gasteiger charge is -2.28. The van der Waals surface area contributed by atoms with Gasteiger partial charge in [0.15, 0.2) is 17.1 Å². The number of nitrogens with zero attached hydrogens (tertiary/aromatic N) is 3. The number of pyridine rings is 1. The highest BCUT2D eigenvalue weighted by molar-refractivity contribution is 6.00. The van der Waals surface area contributed by atoms with Gasteiger partial charge in [0.2, 0.25) is 0 Å². The zero-order valence-corrected chi connectivity index (χ0v) is 20.2. The molecule has 2 aromatic heterocycles. The Hall–Kier alpha value is -3.76. The van der Waals surface area contributed by atoms with E-state index in [9.17, 15) is 5.26 Å². The Bertz CT molecular complexity index is 1370. The highest BCUT2D eigenvalue weighted by atomic mass is 16.5. The van der Waals surface area contributed by atoms with E-state index >= 15 is 0 Å². The van der Waals surface area contributed by atoms with Gasteiger partial charge < -0.3 is 24.1 Å². The van der Waals surface area contributed by atoms with E-state index in [1.165, 1.54) is 32.4 Å². The fourth-order valence-electron chi connectivity index (χ4n) is 4.82. The molecular formula is C28H30N4O3. The zero-order valence-electron chi connectivity index (χ0n) is 20.2. The predicted molar refractivity (Wildman–Crippen MR) is 137 cm³/mol. The summed E-state index contributed by atoms with van der Waals surface area (Å²) in [5.41, 5.74) is 3.34. The molecule has 0 aliphatic carbocycles. The molecule has 1 aliphatic heterocycles. The van der Waals surface area contributed by atoms with Gasteiger partial charge in [0, 0.05) is 23.0 Å². The number of aromatic nitrogens is 1. The Morgan fingerprint density at radius 2 is 2.06 bits per heavy atom. The monoisotopic (exact) mass is 470 g/mol. The summed E-state index contributed by atoms with van der Waals surface area (Å²) in [6.45, 7) is 3.01. The average molecular weight is 471 g/mol. The van der Waals surface area contributed by atoms with Crippen LogP contribution in [-0.2, 0) is 0 Å². The maximum Gasteiger partial charge on any atom is 0.163 e. The van der Waals surface area contributed by atoms with Crippen molar-refractivity contribution in [3.63, 3.8) is 0 Å². The lowest BCUT2D eigenvalue weighted by atomic mass is 9.93. The first-order valence-electron chi connectivity index (χ1n) is 12.1. The molecule has 7 nitrogen and oxygen atoms in total. The molecule has 0 bridgehead atoms. The molecule has 1 N–H and O–H groups in total. The molecule has 2 aromatic carbocycles. The Morgan fingerprint density at radius 1 is 1.20 bits per heavy atom. The number of ether oxygens (including phenoxy) is 2. The third-order valence-corrected chi connectivity index (χ3v) is 6.86. The van der Waals surface area contributed by atoms with Crippen LogP contribution in [0.25, 0.3) is 21.9 Å². The van der Waals surface area contributed by atoms with Crippen LogP contribution in [0, 0.1) is 17.2 Å². The molecular weight excluding hydrogens is 440 g/mol. The van der Waals surface area contributed by atoms with Gasteiger partial charge in [0.1, 0.15) is 6.07 Å². The summed E-state index contributed by atoms with van der Waals surface area (Å²) < 4.78 is 17.5. The first-order chi connectivity index (χ1) is 17.2. The highest BCUT2D eigenvalue weighted by Gasteiger charge is 2.18. The molecule has 0 radical (unpaired) electrons. The minimum absolute atomic E-state index is 0.440. The molecule has 0 unspecified atom stereocenters. The third-order valence-electron chi connectivity index (χ3n) is 6.86. The third kappa shape index (κ3) is 4.89. The van der Waals surface area contributed by atoms with Crippen LogP contribution in [0.1, 0.15) is 31.2 Å². The van der Waals surface area contributed by atoms with E-state index in [0.29, 0.717) is 29.4 Å². The van der Waals surface area contributed by atoms with Gasteiger partial charge in [-0.25, -0.2) is 0 Å². The number of para-hydroxylation sites is 1. The number of piperidine rings is 1. The number of nitriles is 1. The van der Waals surface area contributed by atoms with E-state index in [1.54, 1.807) is 19.6 Å². The van der Waals surface area contributed by atoms with Gasteiger partial charge in [-0.2, -0.15) is 5.26 Å². The number of hydrogen-bond donors (Lipinski definition) is 1. The first kappa shape index (κ1) is 23.0. The Labute approximate surface area is 205 Å². The van der Waals surface area contributed by atoms with Crippen molar-refractivity contribution in [3.05, 3.63) is 54.4 Å². The average Bonchev–Trinajstić information content (AvgIpc) is 3.37. The minimum Gasteiger partial charge on any atom is -0.493 e. The number of hydrogen-bond acceptors (Lipinski definition) is 7. The van der Waals surface area contributed by atoms with Crippen molar-refractivity contribution in [3.8, 4) is 17.6 Å². The SMILES string of the molecule is COc1cc2c(Nc3cccc4ccoc34)c(C#N)cnc2cc1OCCCC1CCN(C)CC1. The number of methoxy groups -OCH3 is 1. The molecule has 7 heteroatoms. The molecule has 1 aliphatic rings. The molecule has 0 spiro atoms. The van der Waals surface area contributed by atoms with Gasteiger partial charge in [-0.05, 0) is 69.9 Å². The van der Waals surface area contributed by atoms with Gasteiger partial charge in [-0.1, -0.05) is 12.1 Å². The fourth-order valence-corrected chi connectivity index (χ4v) is 4.82. The van der Waals surface area contributed by atoms with Crippen molar-refractivity contribution in [2.75, 3.05) is 39.2 Å². The molecule has 5 rings (SSSR count). The van der Waals surface area contributed by atoms with E-state index in [2.05, 4.69) is 28.3 Å². The number of likely N-dealkylation sites (tertiary alicyclic amines) is 1. The van der Waals surface area contributed by atoms with Crippen LogP contribution in [0.3, 0.4) is 0 Å². The molecule has 180 valence electrons. The van der Waals surface area contributed by atoms with Crippen molar-refractivity contribution < 1.29 is 13.9 Å². The van der Waals surface area contributed by atoms with Crippen LogP contribution in [-0.4, -0.2) is 43.7 Å². The van der Waals surface area contributed by atoms with E-state index in [4.69, 9.17) is 13.9 Å². The maximum absolute atomic E-state index is 9.76. The van der Waals surface area contributed by atoms with E-state index < -0.39 is 0 Å². The van der Waals surface area contributed by atoms with Gasteiger partial charge >= 0.3 is 0 Å². The summed E-state index contributed by atoms with van der Waals surface area (Å²) in [4.78, 5) is 6.92. The number of benzene rings is 2. The van der Waals surface area contributed by atoms with Gasteiger partial charge in [-0.3, -0.25) is 4.98 Å². The number of anilines is 2. The fraction of sp³-hybridized carbons (Fsp3) is 0.357. The summed E-state index contributed by atoms with van der Waals surface area (Å²) in [7, 11) is 3.82. The second kappa shape index (κ2) is 10.2. The van der Waals surface area contributed by atoms with Crippen molar-refractivity contribution in [1.82, 2.24) is 9.88 Å². The summed E-state index contributed by atoms with van der Waals surface area (Å²) >= 11 is 0.